The molecule has 0 aromatic heterocycles. The average Bonchev–Trinajstić information content (AvgIpc) is 1.86. The predicted molar refractivity (Wildman–Crippen MR) is 38.1 cm³/mol. The number of carbonyl (C=O) groups excluding carboxylic acids is 2. The molecule has 56 valence electrons. The molecule has 1 fully saturated rings. The Hall–Kier alpha value is -0.370. The van der Waals surface area contributed by atoms with Gasteiger partial charge in [0.25, 0.3) is 0 Å². The van der Waals surface area contributed by atoms with Gasteiger partial charge < -0.3 is 0 Å². The van der Waals surface area contributed by atoms with E-state index in [1.54, 1.807) is 13.8 Å². The van der Waals surface area contributed by atoms with E-state index < -0.39 is 5.41 Å². The lowest BCUT2D eigenvalue weighted by Crippen LogP contribution is -2.53. The van der Waals surface area contributed by atoms with Gasteiger partial charge in [0, 0.05) is 0 Å². The summed E-state index contributed by atoms with van der Waals surface area (Å²) in [6.07, 6.45) is 0.0769. The molecule has 0 amide bonds. The van der Waals surface area contributed by atoms with Crippen LogP contribution in [-0.2, 0) is 9.59 Å². The van der Waals surface area contributed by atoms with Gasteiger partial charge in [0.2, 0.25) is 0 Å². The fraction of sp³-hybridized carbons (Fsp3) is 0.714. The number of hydrogen-bond donors (Lipinski definition) is 0. The summed E-state index contributed by atoms with van der Waals surface area (Å²) >= 11 is 5.67. The summed E-state index contributed by atoms with van der Waals surface area (Å²) in [5.74, 6) is -0.0556. The van der Waals surface area contributed by atoms with Gasteiger partial charge in [-0.05, 0) is 13.8 Å². The van der Waals surface area contributed by atoms with E-state index in [1.807, 2.05) is 0 Å². The molecule has 10 heavy (non-hydrogen) atoms. The molecule has 0 N–H and O–H groups in total. The van der Waals surface area contributed by atoms with Crippen molar-refractivity contribution in [3.63, 3.8) is 0 Å². The number of carbonyl (C=O) groups is 2. The summed E-state index contributed by atoms with van der Waals surface area (Å²) in [4.78, 5) is 21.8. The molecule has 1 aliphatic rings. The molecular formula is C7H9ClO2. The molecule has 0 aliphatic heterocycles. The second-order valence-electron chi connectivity index (χ2n) is 2.84. The van der Waals surface area contributed by atoms with Crippen LogP contribution < -0.4 is 0 Å². The quantitative estimate of drug-likeness (QED) is 0.426. The van der Waals surface area contributed by atoms with E-state index in [9.17, 15) is 9.59 Å². The van der Waals surface area contributed by atoms with Crippen molar-refractivity contribution in [1.29, 1.82) is 0 Å². The van der Waals surface area contributed by atoms with Crippen molar-refractivity contribution in [2.24, 2.45) is 5.41 Å². The molecule has 0 spiro atoms. The molecule has 0 aromatic rings. The minimum absolute atomic E-state index is 0.0278. The van der Waals surface area contributed by atoms with Crippen molar-refractivity contribution < 1.29 is 9.59 Å². The number of hydrogen-bond acceptors (Lipinski definition) is 2. The summed E-state index contributed by atoms with van der Waals surface area (Å²) < 4.78 is 0. The third-order valence-corrected chi connectivity index (χ3v) is 2.71. The first-order valence-electron chi connectivity index (χ1n) is 3.20. The van der Waals surface area contributed by atoms with Crippen LogP contribution in [0.25, 0.3) is 0 Å². The smallest absolute Gasteiger partial charge is 0.155 e. The number of alkyl halides is 1. The van der Waals surface area contributed by atoms with E-state index in [0.717, 1.165) is 0 Å². The summed E-state index contributed by atoms with van der Waals surface area (Å²) in [5, 5.41) is -0.374. The second kappa shape index (κ2) is 2.06. The lowest BCUT2D eigenvalue weighted by Gasteiger charge is -2.36. The van der Waals surface area contributed by atoms with Gasteiger partial charge in [-0.25, -0.2) is 0 Å². The lowest BCUT2D eigenvalue weighted by molar-refractivity contribution is -0.151. The van der Waals surface area contributed by atoms with E-state index in [2.05, 4.69) is 0 Å². The van der Waals surface area contributed by atoms with Crippen LogP contribution in [0.1, 0.15) is 20.3 Å². The molecule has 1 aliphatic carbocycles. The molecule has 1 saturated carbocycles. The standard InChI is InChI=1S/C7H9ClO2/c1-4(8)7(2)5(9)3-6(7)10/h4H,3H2,1-2H3. The van der Waals surface area contributed by atoms with Gasteiger partial charge in [-0.1, -0.05) is 0 Å². The van der Waals surface area contributed by atoms with Gasteiger partial charge >= 0.3 is 0 Å². The molecule has 0 bridgehead atoms. The highest BCUT2D eigenvalue weighted by Crippen LogP contribution is 2.38. The predicted octanol–water partition coefficient (Wildman–Crippen LogP) is 1.16. The van der Waals surface area contributed by atoms with Crippen LogP contribution in [0, 0.1) is 5.41 Å². The van der Waals surface area contributed by atoms with Gasteiger partial charge in [0.15, 0.2) is 11.6 Å². The van der Waals surface area contributed by atoms with Crippen LogP contribution in [0.4, 0.5) is 0 Å². The Kier molecular flexibility index (Phi) is 1.59. The summed E-state index contributed by atoms with van der Waals surface area (Å²) in [5.41, 5.74) is -0.873. The molecule has 3 heteroatoms. The largest absolute Gasteiger partial charge is 0.298 e. The highest BCUT2D eigenvalue weighted by atomic mass is 35.5. The average molecular weight is 161 g/mol. The maximum Gasteiger partial charge on any atom is 0.155 e. The van der Waals surface area contributed by atoms with E-state index >= 15 is 0 Å². The fourth-order valence-corrected chi connectivity index (χ4v) is 1.25. The van der Waals surface area contributed by atoms with Crippen molar-refractivity contribution in [2.45, 2.75) is 25.6 Å². The van der Waals surface area contributed by atoms with E-state index in [4.69, 9.17) is 11.6 Å². The first-order chi connectivity index (χ1) is 4.49. The van der Waals surface area contributed by atoms with Crippen molar-refractivity contribution in [3.05, 3.63) is 0 Å². The van der Waals surface area contributed by atoms with Crippen LogP contribution in [0.3, 0.4) is 0 Å². The normalized spacial score (nSPS) is 25.9. The summed E-state index contributed by atoms with van der Waals surface area (Å²) in [6.45, 7) is 3.29. The van der Waals surface area contributed by atoms with E-state index in [-0.39, 0.29) is 23.4 Å². The molecular weight excluding hydrogens is 152 g/mol. The van der Waals surface area contributed by atoms with Crippen LogP contribution in [0.5, 0.6) is 0 Å². The first-order valence-corrected chi connectivity index (χ1v) is 3.64. The fourth-order valence-electron chi connectivity index (χ4n) is 1.01. The Bertz CT molecular complexity index is 182. The van der Waals surface area contributed by atoms with Crippen molar-refractivity contribution >= 4 is 23.2 Å². The maximum atomic E-state index is 10.9. The molecule has 1 atom stereocenters. The van der Waals surface area contributed by atoms with Gasteiger partial charge in [-0.15, -0.1) is 11.6 Å². The Morgan fingerprint density at radius 2 is 1.90 bits per heavy atom. The van der Waals surface area contributed by atoms with Gasteiger partial charge in [0.05, 0.1) is 11.8 Å². The van der Waals surface area contributed by atoms with Crippen LogP contribution in [0.15, 0.2) is 0 Å². The first kappa shape index (κ1) is 7.73. The molecule has 0 aromatic carbocycles. The lowest BCUT2D eigenvalue weighted by atomic mass is 9.66. The molecule has 0 saturated heterocycles. The van der Waals surface area contributed by atoms with Crippen LogP contribution in [0.2, 0.25) is 0 Å². The van der Waals surface area contributed by atoms with Gasteiger partial charge in [0.1, 0.15) is 5.41 Å². The zero-order chi connectivity index (χ0) is 7.94. The Balaban J connectivity index is 2.86. The third kappa shape index (κ3) is 0.717. The minimum atomic E-state index is -0.873. The van der Waals surface area contributed by atoms with E-state index in [0.29, 0.717) is 0 Å². The van der Waals surface area contributed by atoms with Gasteiger partial charge in [-0.2, -0.15) is 0 Å². The number of halogens is 1. The van der Waals surface area contributed by atoms with Crippen LogP contribution in [-0.4, -0.2) is 16.9 Å². The monoisotopic (exact) mass is 160 g/mol. The van der Waals surface area contributed by atoms with Crippen molar-refractivity contribution in [2.75, 3.05) is 0 Å². The number of ketones is 2. The SMILES string of the molecule is CC(Cl)C1(C)C(=O)CC1=O. The second-order valence-corrected chi connectivity index (χ2v) is 3.50. The zero-order valence-corrected chi connectivity index (χ0v) is 6.73. The number of Topliss-reactive ketones (excluding diaryl/α,β-unsaturated/α-hetero) is 2. The van der Waals surface area contributed by atoms with Crippen molar-refractivity contribution in [3.8, 4) is 0 Å². The molecule has 0 heterocycles. The van der Waals surface area contributed by atoms with E-state index in [1.165, 1.54) is 0 Å². The maximum absolute atomic E-state index is 10.9. The Morgan fingerprint density at radius 1 is 1.50 bits per heavy atom. The Morgan fingerprint density at radius 3 is 2.00 bits per heavy atom. The van der Waals surface area contributed by atoms with Gasteiger partial charge in [-0.3, -0.25) is 9.59 Å². The molecule has 1 unspecified atom stereocenters. The third-order valence-electron chi connectivity index (χ3n) is 2.28. The highest BCUT2D eigenvalue weighted by Gasteiger charge is 2.53. The minimum Gasteiger partial charge on any atom is -0.298 e. The Labute approximate surface area is 64.5 Å². The van der Waals surface area contributed by atoms with Crippen LogP contribution >= 0.6 is 11.6 Å². The molecule has 2 nitrogen and oxygen atoms in total. The highest BCUT2D eigenvalue weighted by molar-refractivity contribution is 6.33. The molecule has 1 rings (SSSR count). The summed E-state index contributed by atoms with van der Waals surface area (Å²) in [6, 6.07) is 0. The number of rotatable bonds is 1. The van der Waals surface area contributed by atoms with Crippen molar-refractivity contribution in [1.82, 2.24) is 0 Å². The summed E-state index contributed by atoms with van der Waals surface area (Å²) in [7, 11) is 0. The molecule has 0 radical (unpaired) electrons. The zero-order valence-electron chi connectivity index (χ0n) is 5.98. The topological polar surface area (TPSA) is 34.1 Å².